The molecule has 2 aromatic carbocycles. The van der Waals surface area contributed by atoms with E-state index < -0.39 is 41.9 Å². The Hall–Kier alpha value is -4.25. The van der Waals surface area contributed by atoms with Crippen LogP contribution in [0.3, 0.4) is 0 Å². The van der Waals surface area contributed by atoms with Crippen LogP contribution in [0.4, 0.5) is 20.7 Å². The first-order valence-electron chi connectivity index (χ1n) is 9.71. The number of carbonyl (C=O) groups excluding carboxylic acids is 3. The van der Waals surface area contributed by atoms with Crippen LogP contribution >= 0.6 is 11.6 Å². The van der Waals surface area contributed by atoms with Gasteiger partial charge in [0.05, 0.1) is 24.2 Å². The number of aliphatic carboxylic acids is 1. The van der Waals surface area contributed by atoms with Gasteiger partial charge < -0.3 is 15.2 Å². The van der Waals surface area contributed by atoms with Crippen molar-refractivity contribution in [3.63, 3.8) is 0 Å². The Morgan fingerprint density at radius 3 is 2.50 bits per heavy atom. The van der Waals surface area contributed by atoms with Gasteiger partial charge in [-0.2, -0.15) is 5.10 Å². The molecule has 34 heavy (non-hydrogen) atoms. The minimum Gasteiger partial charge on any atom is -0.481 e. The van der Waals surface area contributed by atoms with Crippen LogP contribution in [0.2, 0.25) is 5.02 Å². The number of aromatic amines is 1. The van der Waals surface area contributed by atoms with E-state index in [1.807, 2.05) is 0 Å². The number of methoxy groups -OCH3 is 1. The predicted molar refractivity (Wildman–Crippen MR) is 120 cm³/mol. The van der Waals surface area contributed by atoms with E-state index in [4.69, 9.17) is 11.6 Å². The Kier molecular flexibility index (Phi) is 7.59. The molecule has 0 radical (unpaired) electrons. The molecule has 1 unspecified atom stereocenters. The summed E-state index contributed by atoms with van der Waals surface area (Å²) in [6, 6.07) is 11.2. The quantitative estimate of drug-likeness (QED) is 0.277. The highest BCUT2D eigenvalue weighted by Crippen LogP contribution is 2.27. The minimum absolute atomic E-state index is 0.0415. The smallest absolute Gasteiger partial charge is 0.411 e. The van der Waals surface area contributed by atoms with E-state index in [0.717, 1.165) is 0 Å². The second-order valence-corrected chi connectivity index (χ2v) is 7.37. The Balaban J connectivity index is 1.78. The lowest BCUT2D eigenvalue weighted by Crippen LogP contribution is -2.32. The van der Waals surface area contributed by atoms with Crippen LogP contribution in [0.1, 0.15) is 16.8 Å². The number of anilines is 2. The molecule has 4 N–H and O–H groups in total. The van der Waals surface area contributed by atoms with Gasteiger partial charge in [0.15, 0.2) is 17.4 Å². The van der Waals surface area contributed by atoms with Gasteiger partial charge in [0.25, 0.3) is 0 Å². The van der Waals surface area contributed by atoms with Crippen molar-refractivity contribution in [2.24, 2.45) is 5.92 Å². The maximum atomic E-state index is 14.2. The third-order valence-corrected chi connectivity index (χ3v) is 4.98. The van der Waals surface area contributed by atoms with E-state index in [9.17, 15) is 28.7 Å². The molecule has 1 atom stereocenters. The van der Waals surface area contributed by atoms with Gasteiger partial charge >= 0.3 is 12.1 Å². The maximum absolute atomic E-state index is 14.2. The normalized spacial score (nSPS) is 11.4. The Morgan fingerprint density at radius 1 is 1.15 bits per heavy atom. The zero-order chi connectivity index (χ0) is 24.8. The number of carboxylic acid groups (broad SMARTS) is 1. The predicted octanol–water partition coefficient (Wildman–Crippen LogP) is 3.96. The summed E-state index contributed by atoms with van der Waals surface area (Å²) in [6.45, 7) is 0. The summed E-state index contributed by atoms with van der Waals surface area (Å²) in [5.41, 5.74) is 0.713. The van der Waals surface area contributed by atoms with E-state index in [1.54, 1.807) is 0 Å². The van der Waals surface area contributed by atoms with E-state index in [1.165, 1.54) is 55.6 Å². The fraction of sp³-hybridized carbons (Fsp3) is 0.136. The maximum Gasteiger partial charge on any atom is 0.411 e. The molecule has 0 bridgehead atoms. The number of hydrogen-bond donors (Lipinski definition) is 4. The molecule has 0 saturated carbocycles. The van der Waals surface area contributed by atoms with Gasteiger partial charge in [-0.15, -0.1) is 0 Å². The Bertz CT molecular complexity index is 1240. The van der Waals surface area contributed by atoms with Crippen LogP contribution in [-0.2, 0) is 14.3 Å². The first kappa shape index (κ1) is 24.4. The van der Waals surface area contributed by atoms with Gasteiger partial charge in [-0.05, 0) is 36.4 Å². The minimum atomic E-state index is -1.57. The molecule has 3 aromatic rings. The van der Waals surface area contributed by atoms with Crippen molar-refractivity contribution in [2.75, 3.05) is 17.7 Å². The number of ether oxygens (including phenoxy) is 1. The molecule has 3 rings (SSSR count). The molecular formula is C22H18ClFN4O6. The molecule has 1 aromatic heterocycles. The molecule has 0 fully saturated rings. The molecule has 0 spiro atoms. The summed E-state index contributed by atoms with van der Waals surface area (Å²) in [5, 5.41) is 20.3. The van der Waals surface area contributed by atoms with Crippen molar-refractivity contribution in [2.45, 2.75) is 6.42 Å². The standard InChI is InChI=1S/C22H18ClFN4O6/c1-34-22(33)25-12-7-5-11(6-8-12)20(31)14(9-18(29)30)21(32)26-17-10-16(27-28-17)13-3-2-4-15(23)19(13)24/h2-8,10,14H,9H2,1H3,(H,25,33)(H,29,30)(H2,26,27,28,32). The highest BCUT2D eigenvalue weighted by atomic mass is 35.5. The number of halogens is 2. The summed E-state index contributed by atoms with van der Waals surface area (Å²) in [5.74, 6) is -5.31. The zero-order valence-electron chi connectivity index (χ0n) is 17.6. The van der Waals surface area contributed by atoms with Crippen molar-refractivity contribution < 1.29 is 33.4 Å². The number of Topliss-reactive ketones (excluding diaryl/α,β-unsaturated/α-hetero) is 1. The summed E-state index contributed by atoms with van der Waals surface area (Å²) in [7, 11) is 1.19. The molecule has 0 saturated heterocycles. The summed E-state index contributed by atoms with van der Waals surface area (Å²) in [4.78, 5) is 48.2. The second-order valence-electron chi connectivity index (χ2n) is 6.97. The van der Waals surface area contributed by atoms with Crippen LogP contribution in [0.25, 0.3) is 11.3 Å². The molecule has 12 heteroatoms. The monoisotopic (exact) mass is 488 g/mol. The molecule has 0 aliphatic carbocycles. The van der Waals surface area contributed by atoms with E-state index >= 15 is 0 Å². The summed E-state index contributed by atoms with van der Waals surface area (Å²) in [6.07, 6.45) is -1.48. The lowest BCUT2D eigenvalue weighted by atomic mass is 9.93. The molecule has 176 valence electrons. The van der Waals surface area contributed by atoms with Crippen LogP contribution in [0.15, 0.2) is 48.5 Å². The summed E-state index contributed by atoms with van der Waals surface area (Å²) < 4.78 is 18.7. The topological polar surface area (TPSA) is 150 Å². The number of benzene rings is 2. The number of amides is 2. The first-order chi connectivity index (χ1) is 16.2. The van der Waals surface area contributed by atoms with Crippen LogP contribution < -0.4 is 10.6 Å². The molecular weight excluding hydrogens is 471 g/mol. The van der Waals surface area contributed by atoms with Gasteiger partial charge in [-0.25, -0.2) is 9.18 Å². The Morgan fingerprint density at radius 2 is 1.85 bits per heavy atom. The van der Waals surface area contributed by atoms with Crippen molar-refractivity contribution in [3.05, 3.63) is 64.9 Å². The van der Waals surface area contributed by atoms with Gasteiger partial charge in [-0.3, -0.25) is 24.8 Å². The van der Waals surface area contributed by atoms with Crippen LogP contribution in [0.5, 0.6) is 0 Å². The third kappa shape index (κ3) is 5.75. The molecule has 2 amide bonds. The van der Waals surface area contributed by atoms with Crippen molar-refractivity contribution in [1.29, 1.82) is 0 Å². The number of nitrogens with zero attached hydrogens (tertiary/aromatic N) is 1. The highest BCUT2D eigenvalue weighted by molar-refractivity contribution is 6.31. The van der Waals surface area contributed by atoms with Crippen molar-refractivity contribution in [3.8, 4) is 11.3 Å². The zero-order valence-corrected chi connectivity index (χ0v) is 18.4. The van der Waals surface area contributed by atoms with Crippen molar-refractivity contribution >= 4 is 46.9 Å². The van der Waals surface area contributed by atoms with E-state index in [-0.39, 0.29) is 27.7 Å². The van der Waals surface area contributed by atoms with E-state index in [0.29, 0.717) is 5.69 Å². The average Bonchev–Trinajstić information content (AvgIpc) is 3.27. The highest BCUT2D eigenvalue weighted by Gasteiger charge is 2.30. The second kappa shape index (κ2) is 10.6. The number of nitrogens with one attached hydrogen (secondary N) is 3. The number of rotatable bonds is 8. The Labute approximate surface area is 197 Å². The van der Waals surface area contributed by atoms with Crippen LogP contribution in [-0.4, -0.2) is 46.2 Å². The van der Waals surface area contributed by atoms with Gasteiger partial charge in [-0.1, -0.05) is 17.7 Å². The molecule has 1 heterocycles. The van der Waals surface area contributed by atoms with Crippen LogP contribution in [0, 0.1) is 11.7 Å². The van der Waals surface area contributed by atoms with Gasteiger partial charge in [0, 0.05) is 22.9 Å². The number of H-pyrrole nitrogens is 1. The number of ketones is 1. The lowest BCUT2D eigenvalue weighted by molar-refractivity contribution is -0.139. The fourth-order valence-corrected chi connectivity index (χ4v) is 3.19. The van der Waals surface area contributed by atoms with E-state index in [2.05, 4.69) is 25.6 Å². The SMILES string of the molecule is COC(=O)Nc1ccc(C(=O)C(CC(=O)O)C(=O)Nc2cc(-c3cccc(Cl)c3F)[nH]n2)cc1. The third-order valence-electron chi connectivity index (χ3n) is 4.68. The average molecular weight is 489 g/mol. The first-order valence-corrected chi connectivity index (χ1v) is 10.1. The summed E-state index contributed by atoms with van der Waals surface area (Å²) >= 11 is 5.78. The van der Waals surface area contributed by atoms with Gasteiger partial charge in [0.2, 0.25) is 5.91 Å². The number of carboxylic acids is 1. The largest absolute Gasteiger partial charge is 0.481 e. The number of aromatic nitrogens is 2. The molecule has 0 aliphatic rings. The fourth-order valence-electron chi connectivity index (χ4n) is 3.02. The molecule has 10 nitrogen and oxygen atoms in total. The van der Waals surface area contributed by atoms with Gasteiger partial charge in [0.1, 0.15) is 5.92 Å². The van der Waals surface area contributed by atoms with Crippen molar-refractivity contribution in [1.82, 2.24) is 10.2 Å². The molecule has 0 aliphatic heterocycles. The number of carbonyl (C=O) groups is 4. The number of hydrogen-bond acceptors (Lipinski definition) is 6. The lowest BCUT2D eigenvalue weighted by Gasteiger charge is -2.13.